The van der Waals surface area contributed by atoms with Gasteiger partial charge in [-0.2, -0.15) is 0 Å². The van der Waals surface area contributed by atoms with Crippen LogP contribution in [-0.4, -0.2) is 26.9 Å². The topological polar surface area (TPSA) is 50.3 Å². The summed E-state index contributed by atoms with van der Waals surface area (Å²) in [7, 11) is 0. The molecular formula is C18H29N2O2Zr. The van der Waals surface area contributed by atoms with Gasteiger partial charge in [-0.3, -0.25) is 0 Å². The van der Waals surface area contributed by atoms with Crippen LogP contribution in [-0.2, 0) is 22.3 Å². The van der Waals surface area contributed by atoms with Gasteiger partial charge in [0, 0.05) is 0 Å². The zero-order chi connectivity index (χ0) is 17.4. The van der Waals surface area contributed by atoms with Gasteiger partial charge in [0.15, 0.2) is 0 Å². The van der Waals surface area contributed by atoms with Crippen LogP contribution in [0.3, 0.4) is 0 Å². The Kier molecular flexibility index (Phi) is 5.76. The van der Waals surface area contributed by atoms with E-state index in [4.69, 9.17) is 0 Å². The van der Waals surface area contributed by atoms with E-state index in [1.807, 2.05) is 6.92 Å². The number of aliphatic hydroxyl groups excluding tert-OH is 1. The van der Waals surface area contributed by atoms with Crippen molar-refractivity contribution in [3.8, 4) is 0 Å². The minimum atomic E-state index is -2.44. The van der Waals surface area contributed by atoms with Gasteiger partial charge in [0.2, 0.25) is 0 Å². The third-order valence-electron chi connectivity index (χ3n) is 4.33. The number of rotatable bonds is 6. The molecule has 0 fully saturated rings. The molecule has 0 aliphatic rings. The van der Waals surface area contributed by atoms with Gasteiger partial charge in [0.05, 0.1) is 0 Å². The maximum atomic E-state index is 10.9. The van der Waals surface area contributed by atoms with E-state index < -0.39 is 34.0 Å². The van der Waals surface area contributed by atoms with Gasteiger partial charge in [0.1, 0.15) is 0 Å². The van der Waals surface area contributed by atoms with Crippen molar-refractivity contribution >= 4 is 0 Å². The van der Waals surface area contributed by atoms with E-state index in [0.29, 0.717) is 6.42 Å². The summed E-state index contributed by atoms with van der Waals surface area (Å²) in [5.74, 6) is 0. The van der Waals surface area contributed by atoms with Gasteiger partial charge in [0.25, 0.3) is 0 Å². The average Bonchev–Trinajstić information content (AvgIpc) is 2.89. The van der Waals surface area contributed by atoms with Crippen LogP contribution < -0.4 is 0 Å². The van der Waals surface area contributed by atoms with Crippen molar-refractivity contribution in [2.45, 2.75) is 63.8 Å². The predicted octanol–water partition coefficient (Wildman–Crippen LogP) is 3.31. The molecule has 23 heavy (non-hydrogen) atoms. The Labute approximate surface area is 148 Å². The monoisotopic (exact) mass is 395 g/mol. The summed E-state index contributed by atoms with van der Waals surface area (Å²) in [6.07, 6.45) is -0.0798. The summed E-state index contributed by atoms with van der Waals surface area (Å²) < 4.78 is 5.68. The Morgan fingerprint density at radius 2 is 1.30 bits per heavy atom. The fraction of sp³-hybridized carbons (Fsp3) is 0.556. The molecule has 2 rings (SSSR count). The average molecular weight is 397 g/mol. The summed E-state index contributed by atoms with van der Waals surface area (Å²) in [4.78, 5) is 0. The Morgan fingerprint density at radius 1 is 0.957 bits per heavy atom. The Morgan fingerprint density at radius 3 is 1.61 bits per heavy atom. The molecule has 2 aromatic heterocycles. The molecule has 0 saturated heterocycles. The van der Waals surface area contributed by atoms with Gasteiger partial charge in [-0.05, 0) is 0 Å². The second kappa shape index (κ2) is 7.08. The standard InChI is InChI=1S/2C6H8N.C6H13O2.Zr/c2*1-5-3-4-6(2)7-5;1-5(7)4-6(2,3)8;/h2*3-4H,1-2H3;5,7-8H,2,4H2,1,3H3;/q2*-1;;+2. The molecule has 0 spiro atoms. The summed E-state index contributed by atoms with van der Waals surface area (Å²) in [5.41, 5.74) is 4.19. The summed E-state index contributed by atoms with van der Waals surface area (Å²) in [5, 5.41) is 20.6. The fourth-order valence-corrected chi connectivity index (χ4v) is 11.5. The predicted molar refractivity (Wildman–Crippen MR) is 90.3 cm³/mol. The van der Waals surface area contributed by atoms with Crippen LogP contribution in [0.15, 0.2) is 24.3 Å². The molecule has 2 unspecified atom stereocenters. The van der Waals surface area contributed by atoms with Gasteiger partial charge in [-0.1, -0.05) is 0 Å². The van der Waals surface area contributed by atoms with Crippen molar-refractivity contribution in [3.05, 3.63) is 47.0 Å². The first kappa shape index (κ1) is 18.7. The molecule has 2 N–H and O–H groups in total. The number of aryl methyl sites for hydroxylation is 4. The number of aliphatic hydroxyl groups is 2. The zero-order valence-electron chi connectivity index (χ0n) is 15.1. The maximum absolute atomic E-state index is 10.9. The van der Waals surface area contributed by atoms with Crippen molar-refractivity contribution in [3.63, 3.8) is 0 Å². The Hall–Kier alpha value is -0.637. The van der Waals surface area contributed by atoms with E-state index in [1.165, 1.54) is 22.8 Å². The van der Waals surface area contributed by atoms with E-state index in [9.17, 15) is 10.2 Å². The molecule has 0 bridgehead atoms. The van der Waals surface area contributed by atoms with Crippen LogP contribution in [0.4, 0.5) is 0 Å². The van der Waals surface area contributed by atoms with E-state index in [1.54, 1.807) is 6.92 Å². The molecule has 2 atom stereocenters. The summed E-state index contributed by atoms with van der Waals surface area (Å²) >= 11 is -2.44. The van der Waals surface area contributed by atoms with Crippen LogP contribution >= 0.6 is 0 Å². The van der Waals surface area contributed by atoms with E-state index in [-0.39, 0.29) is 0 Å². The van der Waals surface area contributed by atoms with Crippen LogP contribution in [0.25, 0.3) is 0 Å². The molecule has 0 amide bonds. The SMILES string of the molecule is Cc1ccc(C)[n]1[Zr]([CH2]C(C)(O)CC(C)O)[n]1c(C)ccc1C. The molecule has 0 aliphatic heterocycles. The first-order valence-electron chi connectivity index (χ1n) is 8.19. The molecule has 0 radical (unpaired) electrons. The zero-order valence-corrected chi connectivity index (χ0v) is 17.5. The molecule has 2 aromatic rings. The van der Waals surface area contributed by atoms with Gasteiger partial charge in [-0.25, -0.2) is 0 Å². The Bertz CT molecular complexity index is 585. The van der Waals surface area contributed by atoms with Crippen molar-refractivity contribution in [1.29, 1.82) is 0 Å². The molecule has 4 nitrogen and oxygen atoms in total. The number of hydrogen-bond acceptors (Lipinski definition) is 2. The van der Waals surface area contributed by atoms with Gasteiger partial charge in [-0.15, -0.1) is 0 Å². The van der Waals surface area contributed by atoms with Crippen molar-refractivity contribution < 1.29 is 32.5 Å². The summed E-state index contributed by atoms with van der Waals surface area (Å²) in [6, 6.07) is 8.64. The number of hydrogen-bond donors (Lipinski definition) is 2. The molecule has 2 heterocycles. The molecule has 0 saturated carbocycles. The van der Waals surface area contributed by atoms with Crippen LogP contribution in [0.5, 0.6) is 0 Å². The number of aromatic nitrogens is 2. The van der Waals surface area contributed by atoms with Crippen molar-refractivity contribution in [2.75, 3.05) is 0 Å². The second-order valence-corrected chi connectivity index (χ2v) is 12.2. The van der Waals surface area contributed by atoms with E-state index in [0.717, 1.165) is 4.13 Å². The molecule has 0 aliphatic carbocycles. The van der Waals surface area contributed by atoms with Crippen molar-refractivity contribution in [2.24, 2.45) is 0 Å². The fourth-order valence-electron chi connectivity index (χ4n) is 3.46. The first-order chi connectivity index (χ1) is 10.6. The molecular weight excluding hydrogens is 367 g/mol. The molecule has 127 valence electrons. The minimum absolute atomic E-state index is 0.412. The molecule has 0 aromatic carbocycles. The van der Waals surface area contributed by atoms with E-state index >= 15 is 0 Å². The third-order valence-corrected chi connectivity index (χ3v) is 13.0. The van der Waals surface area contributed by atoms with Gasteiger partial charge < -0.3 is 0 Å². The van der Waals surface area contributed by atoms with Crippen LogP contribution in [0.1, 0.15) is 43.0 Å². The summed E-state index contributed by atoms with van der Waals surface area (Å²) in [6.45, 7) is 12.2. The first-order valence-corrected chi connectivity index (χ1v) is 12.1. The number of nitrogens with zero attached hydrogens (tertiary/aromatic N) is 2. The van der Waals surface area contributed by atoms with E-state index in [2.05, 4.69) is 57.0 Å². The molecule has 5 heteroatoms. The van der Waals surface area contributed by atoms with Gasteiger partial charge >= 0.3 is 148 Å². The quantitative estimate of drug-likeness (QED) is 0.787. The normalized spacial score (nSPS) is 15.5. The van der Waals surface area contributed by atoms with Crippen LogP contribution in [0.2, 0.25) is 4.13 Å². The van der Waals surface area contributed by atoms with Crippen LogP contribution in [0, 0.1) is 27.7 Å². The second-order valence-electron chi connectivity index (χ2n) is 7.05. The van der Waals surface area contributed by atoms with Crippen molar-refractivity contribution in [1.82, 2.24) is 5.02 Å². The Balaban J connectivity index is 2.49. The third kappa shape index (κ3) is 4.26.